The van der Waals surface area contributed by atoms with Gasteiger partial charge in [-0.15, -0.1) is 0 Å². The first-order valence-electron chi connectivity index (χ1n) is 2.71. The van der Waals surface area contributed by atoms with Gasteiger partial charge in [-0.25, -0.2) is 4.98 Å². The van der Waals surface area contributed by atoms with E-state index in [1.165, 1.54) is 0 Å². The van der Waals surface area contributed by atoms with E-state index in [0.29, 0.717) is 5.82 Å². The molecule has 54 valence electrons. The number of hydrogen-bond acceptors (Lipinski definition) is 3. The molecule has 0 aliphatic heterocycles. The minimum atomic E-state index is 0.127. The number of rotatable bonds is 2. The van der Waals surface area contributed by atoms with E-state index in [2.05, 4.69) is 26.1 Å². The second kappa shape index (κ2) is 2.92. The maximum Gasteiger partial charge on any atom is 0.139 e. The summed E-state index contributed by atoms with van der Waals surface area (Å²) in [7, 11) is 1.82. The van der Waals surface area contributed by atoms with Crippen molar-refractivity contribution in [2.24, 2.45) is 12.2 Å². The minimum Gasteiger partial charge on any atom is -0.324 e. The quantitative estimate of drug-likeness (QED) is 0.684. The molecule has 0 saturated heterocycles. The first-order chi connectivity index (χ1) is 4.75. The van der Waals surface area contributed by atoms with E-state index < -0.39 is 0 Å². The third-order valence-electron chi connectivity index (χ3n) is 1.23. The maximum absolute atomic E-state index is 9.82. The van der Waals surface area contributed by atoms with E-state index in [-0.39, 0.29) is 6.54 Å². The lowest BCUT2D eigenvalue weighted by molar-refractivity contribution is 0.779. The Balaban J connectivity index is 2.93. The van der Waals surface area contributed by atoms with Gasteiger partial charge >= 0.3 is 0 Å². The second-order valence-corrected chi connectivity index (χ2v) is 2.66. The number of hydrogen-bond donors (Lipinski definition) is 0. The molecular weight excluding hydrogens is 198 g/mol. The molecule has 0 aliphatic carbocycles. The Labute approximate surface area is 66.4 Å². The van der Waals surface area contributed by atoms with Crippen molar-refractivity contribution in [2.45, 2.75) is 6.54 Å². The zero-order valence-corrected chi connectivity index (χ0v) is 7.00. The van der Waals surface area contributed by atoms with Crippen molar-refractivity contribution >= 4 is 15.9 Å². The fourth-order valence-electron chi connectivity index (χ4n) is 0.629. The van der Waals surface area contributed by atoms with Crippen molar-refractivity contribution in [3.63, 3.8) is 0 Å². The molecule has 0 saturated carbocycles. The lowest BCUT2D eigenvalue weighted by Gasteiger charge is -1.95. The molecule has 1 aromatic rings. The standard InChI is InChI=1S/C5H6BrN3O/c1-9-4(6)2-7-5(9)3-8-10/h2H,3H2,1H3. The molecule has 0 fully saturated rings. The van der Waals surface area contributed by atoms with E-state index in [1.54, 1.807) is 10.8 Å². The Hall–Kier alpha value is -0.710. The van der Waals surface area contributed by atoms with E-state index in [1.807, 2.05) is 7.05 Å². The molecule has 1 heterocycles. The first kappa shape index (κ1) is 7.40. The second-order valence-electron chi connectivity index (χ2n) is 1.84. The zero-order chi connectivity index (χ0) is 7.56. The molecule has 4 nitrogen and oxygen atoms in total. The summed E-state index contributed by atoms with van der Waals surface area (Å²) in [5.74, 6) is 0.668. The average Bonchev–Trinajstić information content (AvgIpc) is 2.20. The Morgan fingerprint density at radius 1 is 1.90 bits per heavy atom. The van der Waals surface area contributed by atoms with Gasteiger partial charge in [0.1, 0.15) is 17.0 Å². The van der Waals surface area contributed by atoms with Gasteiger partial charge in [-0.1, -0.05) is 5.18 Å². The molecule has 0 radical (unpaired) electrons. The van der Waals surface area contributed by atoms with Crippen LogP contribution in [0, 0.1) is 4.91 Å². The normalized spacial score (nSPS) is 9.80. The van der Waals surface area contributed by atoms with Crippen LogP contribution in [0.3, 0.4) is 0 Å². The highest BCUT2D eigenvalue weighted by Gasteiger charge is 2.01. The van der Waals surface area contributed by atoms with Crippen LogP contribution >= 0.6 is 15.9 Å². The van der Waals surface area contributed by atoms with Gasteiger partial charge < -0.3 is 4.57 Å². The van der Waals surface area contributed by atoms with Crippen molar-refractivity contribution < 1.29 is 0 Å². The molecule has 0 aromatic carbocycles. The molecule has 0 unspecified atom stereocenters. The molecule has 0 spiro atoms. The van der Waals surface area contributed by atoms with Gasteiger partial charge in [0, 0.05) is 7.05 Å². The molecule has 0 atom stereocenters. The number of aromatic nitrogens is 2. The van der Waals surface area contributed by atoms with Gasteiger partial charge in [0.25, 0.3) is 0 Å². The largest absolute Gasteiger partial charge is 0.324 e. The van der Waals surface area contributed by atoms with Crippen LogP contribution in [-0.4, -0.2) is 9.55 Å². The Bertz CT molecular complexity index is 245. The first-order valence-corrected chi connectivity index (χ1v) is 3.50. The average molecular weight is 204 g/mol. The van der Waals surface area contributed by atoms with Gasteiger partial charge in [-0.2, -0.15) is 4.91 Å². The third kappa shape index (κ3) is 1.23. The van der Waals surface area contributed by atoms with Crippen LogP contribution in [0.4, 0.5) is 0 Å². The van der Waals surface area contributed by atoms with Crippen molar-refractivity contribution in [1.82, 2.24) is 9.55 Å². The Kier molecular flexibility index (Phi) is 2.16. The van der Waals surface area contributed by atoms with Crippen molar-refractivity contribution in [2.75, 3.05) is 0 Å². The molecule has 5 heteroatoms. The summed E-state index contributed by atoms with van der Waals surface area (Å²) >= 11 is 3.24. The summed E-state index contributed by atoms with van der Waals surface area (Å²) in [5, 5.41) is 2.73. The number of halogens is 1. The molecule has 0 N–H and O–H groups in total. The van der Waals surface area contributed by atoms with Gasteiger partial charge in [0.05, 0.1) is 6.20 Å². The predicted molar refractivity (Wildman–Crippen MR) is 40.4 cm³/mol. The number of imidazole rings is 1. The van der Waals surface area contributed by atoms with Gasteiger partial charge in [-0.3, -0.25) is 0 Å². The number of nitroso groups, excluding NO2 is 1. The van der Waals surface area contributed by atoms with Crippen LogP contribution in [0.1, 0.15) is 5.82 Å². The summed E-state index contributed by atoms with van der Waals surface area (Å²) in [5.41, 5.74) is 0. The highest BCUT2D eigenvalue weighted by molar-refractivity contribution is 9.10. The zero-order valence-electron chi connectivity index (χ0n) is 5.41. The van der Waals surface area contributed by atoms with E-state index in [0.717, 1.165) is 4.60 Å². The third-order valence-corrected chi connectivity index (χ3v) is 1.97. The monoisotopic (exact) mass is 203 g/mol. The smallest absolute Gasteiger partial charge is 0.139 e. The van der Waals surface area contributed by atoms with Gasteiger partial charge in [0.2, 0.25) is 0 Å². The molecule has 0 amide bonds. The lowest BCUT2D eigenvalue weighted by atomic mass is 10.6. The Morgan fingerprint density at radius 3 is 3.00 bits per heavy atom. The molecular formula is C5H6BrN3O. The highest BCUT2D eigenvalue weighted by Crippen LogP contribution is 2.10. The predicted octanol–water partition coefficient (Wildman–Crippen LogP) is 1.45. The highest BCUT2D eigenvalue weighted by atomic mass is 79.9. The molecule has 1 aromatic heterocycles. The van der Waals surface area contributed by atoms with Gasteiger partial charge in [-0.05, 0) is 15.9 Å². The van der Waals surface area contributed by atoms with E-state index in [9.17, 15) is 4.91 Å². The summed E-state index contributed by atoms with van der Waals surface area (Å²) in [4.78, 5) is 13.7. The summed E-state index contributed by atoms with van der Waals surface area (Å²) in [6, 6.07) is 0. The fraction of sp³-hybridized carbons (Fsp3) is 0.400. The molecule has 0 aliphatic rings. The van der Waals surface area contributed by atoms with Crippen molar-refractivity contribution in [1.29, 1.82) is 0 Å². The Morgan fingerprint density at radius 2 is 2.60 bits per heavy atom. The van der Waals surface area contributed by atoms with Crippen LogP contribution in [0.5, 0.6) is 0 Å². The summed E-state index contributed by atoms with van der Waals surface area (Å²) in [6.45, 7) is 0.127. The van der Waals surface area contributed by atoms with Gasteiger partial charge in [0.15, 0.2) is 0 Å². The number of nitrogens with zero attached hydrogens (tertiary/aromatic N) is 3. The van der Waals surface area contributed by atoms with Crippen LogP contribution in [0.2, 0.25) is 0 Å². The minimum absolute atomic E-state index is 0.127. The SMILES string of the molecule is Cn1c(Br)cnc1CN=O. The lowest BCUT2D eigenvalue weighted by Crippen LogP contribution is -1.95. The molecule has 0 bridgehead atoms. The van der Waals surface area contributed by atoms with E-state index >= 15 is 0 Å². The fourth-order valence-corrected chi connectivity index (χ4v) is 0.936. The van der Waals surface area contributed by atoms with E-state index in [4.69, 9.17) is 0 Å². The van der Waals surface area contributed by atoms with Crippen molar-refractivity contribution in [3.05, 3.63) is 21.5 Å². The molecule has 10 heavy (non-hydrogen) atoms. The summed E-state index contributed by atoms with van der Waals surface area (Å²) < 4.78 is 2.62. The molecule has 1 rings (SSSR count). The van der Waals surface area contributed by atoms with Crippen LogP contribution in [0.15, 0.2) is 16.0 Å². The maximum atomic E-state index is 9.82. The van der Waals surface area contributed by atoms with Crippen molar-refractivity contribution in [3.8, 4) is 0 Å². The summed E-state index contributed by atoms with van der Waals surface area (Å²) in [6.07, 6.45) is 1.64. The van der Waals surface area contributed by atoms with Crippen LogP contribution in [0.25, 0.3) is 0 Å². The topological polar surface area (TPSA) is 47.2 Å². The van der Waals surface area contributed by atoms with Crippen LogP contribution < -0.4 is 0 Å². The van der Waals surface area contributed by atoms with Crippen LogP contribution in [-0.2, 0) is 13.6 Å².